The first-order valence-electron chi connectivity index (χ1n) is 7.26. The highest BCUT2D eigenvalue weighted by atomic mass is 16.5. The number of benzene rings is 1. The molecule has 0 spiro atoms. The molecule has 1 N–H and O–H groups in total. The maximum atomic E-state index is 11.7. The van der Waals surface area contributed by atoms with Gasteiger partial charge in [-0.05, 0) is 44.5 Å². The van der Waals surface area contributed by atoms with Crippen LogP contribution in [-0.4, -0.2) is 31.1 Å². The van der Waals surface area contributed by atoms with Gasteiger partial charge in [-0.2, -0.15) is 0 Å². The maximum absolute atomic E-state index is 11.7. The summed E-state index contributed by atoms with van der Waals surface area (Å²) in [7, 11) is 0. The summed E-state index contributed by atoms with van der Waals surface area (Å²) in [5.41, 5.74) is 0.463. The number of carbonyl (C=O) groups excluding carboxylic acids is 2. The largest absolute Gasteiger partial charge is 0.484 e. The quantitative estimate of drug-likeness (QED) is 0.748. The number of hydrogen-bond acceptors (Lipinski definition) is 4. The smallest absolute Gasteiger partial charge is 0.338 e. The Hall–Kier alpha value is -2.04. The van der Waals surface area contributed by atoms with Crippen molar-refractivity contribution in [3.05, 3.63) is 29.8 Å². The summed E-state index contributed by atoms with van der Waals surface area (Å²) in [6.07, 6.45) is 1.97. The van der Waals surface area contributed by atoms with Crippen molar-refractivity contribution in [2.24, 2.45) is 0 Å². The van der Waals surface area contributed by atoms with Gasteiger partial charge in [-0.3, -0.25) is 4.79 Å². The molecule has 1 unspecified atom stereocenters. The molecule has 0 radical (unpaired) electrons. The van der Waals surface area contributed by atoms with Gasteiger partial charge >= 0.3 is 5.97 Å². The third-order valence-electron chi connectivity index (χ3n) is 2.86. The summed E-state index contributed by atoms with van der Waals surface area (Å²) < 4.78 is 10.3. The van der Waals surface area contributed by atoms with Crippen LogP contribution in [-0.2, 0) is 9.53 Å². The molecular formula is C16H23NO4. The van der Waals surface area contributed by atoms with E-state index in [2.05, 4.69) is 12.2 Å². The Balaban J connectivity index is 2.42. The van der Waals surface area contributed by atoms with E-state index in [4.69, 9.17) is 9.47 Å². The lowest BCUT2D eigenvalue weighted by Gasteiger charge is -2.13. The highest BCUT2D eigenvalue weighted by Crippen LogP contribution is 2.13. The van der Waals surface area contributed by atoms with Crippen molar-refractivity contribution >= 4 is 11.9 Å². The Kier molecular flexibility index (Phi) is 7.29. The molecule has 5 heteroatoms. The molecule has 1 atom stereocenters. The summed E-state index contributed by atoms with van der Waals surface area (Å²) in [6, 6.07) is 6.68. The molecule has 0 heterocycles. The summed E-state index contributed by atoms with van der Waals surface area (Å²) in [5.74, 6) is 0.0296. The van der Waals surface area contributed by atoms with E-state index < -0.39 is 0 Å². The molecule has 0 aliphatic heterocycles. The number of carbonyl (C=O) groups is 2. The van der Waals surface area contributed by atoms with Crippen molar-refractivity contribution in [3.63, 3.8) is 0 Å². The zero-order chi connectivity index (χ0) is 15.7. The zero-order valence-electron chi connectivity index (χ0n) is 12.8. The van der Waals surface area contributed by atoms with Gasteiger partial charge in [-0.1, -0.05) is 13.3 Å². The van der Waals surface area contributed by atoms with Crippen molar-refractivity contribution < 1.29 is 19.1 Å². The van der Waals surface area contributed by atoms with Crippen LogP contribution in [0.15, 0.2) is 24.3 Å². The highest BCUT2D eigenvalue weighted by Gasteiger charge is 2.09. The monoisotopic (exact) mass is 293 g/mol. The molecule has 0 bridgehead atoms. The summed E-state index contributed by atoms with van der Waals surface area (Å²) in [6.45, 7) is 6.10. The summed E-state index contributed by atoms with van der Waals surface area (Å²) >= 11 is 0. The summed E-state index contributed by atoms with van der Waals surface area (Å²) in [5, 5.41) is 2.86. The summed E-state index contributed by atoms with van der Waals surface area (Å²) in [4.78, 5) is 23.1. The van der Waals surface area contributed by atoms with E-state index in [0.29, 0.717) is 17.9 Å². The molecule has 116 valence electrons. The van der Waals surface area contributed by atoms with Gasteiger partial charge in [-0.25, -0.2) is 4.79 Å². The molecule has 0 saturated heterocycles. The molecule has 1 aromatic rings. The molecule has 1 amide bonds. The minimum absolute atomic E-state index is 0.0349. The van der Waals surface area contributed by atoms with Crippen LogP contribution in [0.25, 0.3) is 0 Å². The van der Waals surface area contributed by atoms with Gasteiger partial charge in [0.25, 0.3) is 5.91 Å². The lowest BCUT2D eigenvalue weighted by atomic mass is 10.2. The van der Waals surface area contributed by atoms with Gasteiger partial charge in [0.2, 0.25) is 0 Å². The zero-order valence-corrected chi connectivity index (χ0v) is 12.8. The third kappa shape index (κ3) is 6.29. The Morgan fingerprint density at radius 2 is 1.86 bits per heavy atom. The fraction of sp³-hybridized carbons (Fsp3) is 0.500. The number of esters is 1. The van der Waals surface area contributed by atoms with Crippen molar-refractivity contribution in [1.29, 1.82) is 0 Å². The van der Waals surface area contributed by atoms with Crippen LogP contribution < -0.4 is 10.1 Å². The fourth-order valence-electron chi connectivity index (χ4n) is 1.87. The van der Waals surface area contributed by atoms with Gasteiger partial charge in [0.05, 0.1) is 12.2 Å². The van der Waals surface area contributed by atoms with Crippen LogP contribution in [0.5, 0.6) is 5.75 Å². The van der Waals surface area contributed by atoms with E-state index in [1.165, 1.54) is 0 Å². The van der Waals surface area contributed by atoms with E-state index in [1.807, 2.05) is 6.92 Å². The highest BCUT2D eigenvalue weighted by molar-refractivity contribution is 5.89. The topological polar surface area (TPSA) is 64.6 Å². The van der Waals surface area contributed by atoms with Crippen molar-refractivity contribution in [2.45, 2.75) is 39.7 Å². The van der Waals surface area contributed by atoms with E-state index in [1.54, 1.807) is 31.2 Å². The standard InChI is InChI=1S/C16H23NO4/c1-4-6-12(3)17-15(18)11-21-14-9-7-13(8-10-14)16(19)20-5-2/h7-10,12H,4-6,11H2,1-3H3,(H,17,18). The van der Waals surface area contributed by atoms with Crippen molar-refractivity contribution in [3.8, 4) is 5.75 Å². The number of amides is 1. The van der Waals surface area contributed by atoms with E-state index in [0.717, 1.165) is 12.8 Å². The second-order valence-corrected chi connectivity index (χ2v) is 4.79. The molecule has 0 saturated carbocycles. The first kappa shape index (κ1) is 17.0. The third-order valence-corrected chi connectivity index (χ3v) is 2.86. The van der Waals surface area contributed by atoms with Gasteiger partial charge in [0, 0.05) is 6.04 Å². The Labute approximate surface area is 125 Å². The first-order chi connectivity index (χ1) is 10.1. The van der Waals surface area contributed by atoms with Crippen molar-refractivity contribution in [1.82, 2.24) is 5.32 Å². The lowest BCUT2D eigenvalue weighted by Crippen LogP contribution is -2.35. The number of hydrogen-bond donors (Lipinski definition) is 1. The Morgan fingerprint density at radius 3 is 2.43 bits per heavy atom. The molecule has 1 aromatic carbocycles. The first-order valence-corrected chi connectivity index (χ1v) is 7.26. The minimum Gasteiger partial charge on any atom is -0.484 e. The second kappa shape index (κ2) is 9.00. The van der Waals surface area contributed by atoms with Gasteiger partial charge in [0.1, 0.15) is 5.75 Å². The Morgan fingerprint density at radius 1 is 1.19 bits per heavy atom. The number of rotatable bonds is 8. The van der Waals surface area contributed by atoms with Crippen LogP contribution in [0, 0.1) is 0 Å². The average Bonchev–Trinajstić information content (AvgIpc) is 2.46. The normalized spacial score (nSPS) is 11.6. The molecule has 21 heavy (non-hydrogen) atoms. The van der Waals surface area contributed by atoms with Gasteiger partial charge in [0.15, 0.2) is 6.61 Å². The molecule has 0 aliphatic rings. The molecule has 1 rings (SSSR count). The molecule has 5 nitrogen and oxygen atoms in total. The fourth-order valence-corrected chi connectivity index (χ4v) is 1.87. The van der Waals surface area contributed by atoms with Crippen LogP contribution in [0.3, 0.4) is 0 Å². The molecule has 0 fully saturated rings. The van der Waals surface area contributed by atoms with Crippen LogP contribution >= 0.6 is 0 Å². The minimum atomic E-state index is -0.366. The van der Waals surface area contributed by atoms with Crippen LogP contribution in [0.1, 0.15) is 44.0 Å². The predicted octanol–water partition coefficient (Wildman–Crippen LogP) is 2.55. The molecule has 0 aromatic heterocycles. The molecular weight excluding hydrogens is 270 g/mol. The van der Waals surface area contributed by atoms with Crippen molar-refractivity contribution in [2.75, 3.05) is 13.2 Å². The number of ether oxygens (including phenoxy) is 2. The predicted molar refractivity (Wildman–Crippen MR) is 80.4 cm³/mol. The average molecular weight is 293 g/mol. The van der Waals surface area contributed by atoms with E-state index in [9.17, 15) is 9.59 Å². The van der Waals surface area contributed by atoms with Gasteiger partial charge < -0.3 is 14.8 Å². The molecule has 0 aliphatic carbocycles. The number of nitrogens with one attached hydrogen (secondary N) is 1. The SMILES string of the molecule is CCCC(C)NC(=O)COc1ccc(C(=O)OCC)cc1. The van der Waals surface area contributed by atoms with E-state index >= 15 is 0 Å². The maximum Gasteiger partial charge on any atom is 0.338 e. The second-order valence-electron chi connectivity index (χ2n) is 4.79. The van der Waals surface area contributed by atoms with Gasteiger partial charge in [-0.15, -0.1) is 0 Å². The van der Waals surface area contributed by atoms with Crippen LogP contribution in [0.4, 0.5) is 0 Å². The van der Waals surface area contributed by atoms with Crippen LogP contribution in [0.2, 0.25) is 0 Å². The lowest BCUT2D eigenvalue weighted by molar-refractivity contribution is -0.123. The Bertz CT molecular complexity index is 456. The van der Waals surface area contributed by atoms with E-state index in [-0.39, 0.29) is 24.5 Å².